The van der Waals surface area contributed by atoms with Gasteiger partial charge in [-0.1, -0.05) is 0 Å². The van der Waals surface area contributed by atoms with E-state index < -0.39 is 0 Å². The number of carbonyl (C=O) groups excluding carboxylic acids is 1. The van der Waals surface area contributed by atoms with Gasteiger partial charge in [0.25, 0.3) is 0 Å². The molecule has 1 saturated heterocycles. The number of nitrogens with one attached hydrogen (secondary N) is 1. The van der Waals surface area contributed by atoms with E-state index in [4.69, 9.17) is 15.2 Å². The standard InChI is InChI=1S/C12H17N3O3/c1-17-10-3-2-9(13)8-11(10)18-7-6-15-5-4-14-12(15)16/h2-3,8H,4-7,13H2,1H3,(H,14,16). The summed E-state index contributed by atoms with van der Waals surface area (Å²) in [4.78, 5) is 13.0. The van der Waals surface area contributed by atoms with Crippen molar-refractivity contribution in [2.75, 3.05) is 39.1 Å². The van der Waals surface area contributed by atoms with Crippen molar-refractivity contribution in [2.24, 2.45) is 0 Å². The maximum absolute atomic E-state index is 11.3. The van der Waals surface area contributed by atoms with Gasteiger partial charge in [-0.05, 0) is 12.1 Å². The fraction of sp³-hybridized carbons (Fsp3) is 0.417. The Balaban J connectivity index is 1.89. The summed E-state index contributed by atoms with van der Waals surface area (Å²) in [7, 11) is 1.58. The monoisotopic (exact) mass is 251 g/mol. The Kier molecular flexibility index (Phi) is 3.76. The average molecular weight is 251 g/mol. The molecule has 0 spiro atoms. The van der Waals surface area contributed by atoms with Gasteiger partial charge < -0.3 is 25.4 Å². The first kappa shape index (κ1) is 12.3. The number of nitrogens with two attached hydrogens (primary N) is 1. The van der Waals surface area contributed by atoms with E-state index in [1.807, 2.05) is 0 Å². The molecule has 1 aromatic rings. The molecule has 1 aliphatic rings. The molecule has 0 bridgehead atoms. The first-order chi connectivity index (χ1) is 8.70. The maximum Gasteiger partial charge on any atom is 0.317 e. The first-order valence-corrected chi connectivity index (χ1v) is 5.80. The molecular formula is C12H17N3O3. The highest BCUT2D eigenvalue weighted by Crippen LogP contribution is 2.28. The van der Waals surface area contributed by atoms with Crippen molar-refractivity contribution in [2.45, 2.75) is 0 Å². The Morgan fingerprint density at radius 1 is 1.44 bits per heavy atom. The van der Waals surface area contributed by atoms with Crippen molar-refractivity contribution < 1.29 is 14.3 Å². The third-order valence-electron chi connectivity index (χ3n) is 2.75. The quantitative estimate of drug-likeness (QED) is 0.754. The molecule has 0 atom stereocenters. The minimum Gasteiger partial charge on any atom is -0.493 e. The van der Waals surface area contributed by atoms with Crippen LogP contribution in [0.2, 0.25) is 0 Å². The number of nitrogen functional groups attached to an aromatic ring is 1. The summed E-state index contributed by atoms with van der Waals surface area (Å²) in [6, 6.07) is 5.17. The minimum atomic E-state index is -0.0434. The molecule has 0 saturated carbocycles. The molecule has 1 fully saturated rings. The maximum atomic E-state index is 11.3. The molecule has 0 unspecified atom stereocenters. The SMILES string of the molecule is COc1ccc(N)cc1OCCN1CCNC1=O. The summed E-state index contributed by atoms with van der Waals surface area (Å²) in [5.74, 6) is 1.23. The van der Waals surface area contributed by atoms with Gasteiger partial charge in [-0.25, -0.2) is 4.79 Å². The van der Waals surface area contributed by atoms with E-state index in [9.17, 15) is 4.79 Å². The molecule has 3 N–H and O–H groups in total. The molecule has 2 amide bonds. The zero-order valence-corrected chi connectivity index (χ0v) is 10.3. The molecule has 0 aromatic heterocycles. The van der Waals surface area contributed by atoms with E-state index in [2.05, 4.69) is 5.32 Å². The van der Waals surface area contributed by atoms with Crippen molar-refractivity contribution in [1.29, 1.82) is 0 Å². The predicted molar refractivity (Wildman–Crippen MR) is 67.9 cm³/mol. The van der Waals surface area contributed by atoms with Crippen LogP contribution in [0.5, 0.6) is 11.5 Å². The van der Waals surface area contributed by atoms with Crippen LogP contribution in [0.1, 0.15) is 0 Å². The molecule has 1 aromatic carbocycles. The van der Waals surface area contributed by atoms with E-state index >= 15 is 0 Å². The Labute approximate surface area is 106 Å². The van der Waals surface area contributed by atoms with E-state index in [0.717, 1.165) is 6.54 Å². The second kappa shape index (κ2) is 5.48. The van der Waals surface area contributed by atoms with Gasteiger partial charge in [0.15, 0.2) is 11.5 Å². The van der Waals surface area contributed by atoms with Crippen molar-refractivity contribution in [3.63, 3.8) is 0 Å². The summed E-state index contributed by atoms with van der Waals surface area (Å²) in [6.45, 7) is 2.37. The van der Waals surface area contributed by atoms with Gasteiger partial charge >= 0.3 is 6.03 Å². The number of hydrogen-bond donors (Lipinski definition) is 2. The number of methoxy groups -OCH3 is 1. The molecule has 98 valence electrons. The lowest BCUT2D eigenvalue weighted by Crippen LogP contribution is -2.31. The normalized spacial score (nSPS) is 14.5. The number of amides is 2. The summed E-state index contributed by atoms with van der Waals surface area (Å²) in [5.41, 5.74) is 6.30. The molecule has 1 heterocycles. The number of carbonyl (C=O) groups is 1. The third kappa shape index (κ3) is 2.77. The second-order valence-electron chi connectivity index (χ2n) is 3.98. The van der Waals surface area contributed by atoms with Gasteiger partial charge in [0, 0.05) is 24.8 Å². The minimum absolute atomic E-state index is 0.0434. The van der Waals surface area contributed by atoms with Crippen LogP contribution in [0.4, 0.5) is 10.5 Å². The molecule has 6 nitrogen and oxygen atoms in total. The molecule has 18 heavy (non-hydrogen) atoms. The van der Waals surface area contributed by atoms with Crippen LogP contribution in [-0.4, -0.2) is 44.3 Å². The van der Waals surface area contributed by atoms with E-state index in [0.29, 0.717) is 36.9 Å². The van der Waals surface area contributed by atoms with Crippen molar-refractivity contribution in [1.82, 2.24) is 10.2 Å². The number of rotatable bonds is 5. The molecule has 0 radical (unpaired) electrons. The highest BCUT2D eigenvalue weighted by Gasteiger charge is 2.18. The predicted octanol–water partition coefficient (Wildman–Crippen LogP) is 0.681. The van der Waals surface area contributed by atoms with Crippen LogP contribution in [0.25, 0.3) is 0 Å². The molecule has 1 aliphatic heterocycles. The van der Waals surface area contributed by atoms with Crippen molar-refractivity contribution in [3.8, 4) is 11.5 Å². The fourth-order valence-electron chi connectivity index (χ4n) is 1.80. The summed E-state index contributed by atoms with van der Waals surface area (Å²) >= 11 is 0. The first-order valence-electron chi connectivity index (χ1n) is 5.80. The lowest BCUT2D eigenvalue weighted by Gasteiger charge is -2.16. The van der Waals surface area contributed by atoms with Gasteiger partial charge in [0.2, 0.25) is 0 Å². The van der Waals surface area contributed by atoms with E-state index in [1.54, 1.807) is 30.2 Å². The topological polar surface area (TPSA) is 76.8 Å². The van der Waals surface area contributed by atoms with Crippen LogP contribution in [-0.2, 0) is 0 Å². The van der Waals surface area contributed by atoms with Crippen LogP contribution >= 0.6 is 0 Å². The van der Waals surface area contributed by atoms with E-state index in [1.165, 1.54) is 0 Å². The van der Waals surface area contributed by atoms with Crippen molar-refractivity contribution in [3.05, 3.63) is 18.2 Å². The number of ether oxygens (including phenoxy) is 2. The zero-order valence-electron chi connectivity index (χ0n) is 10.3. The summed E-state index contributed by atoms with van der Waals surface area (Å²) in [6.07, 6.45) is 0. The summed E-state index contributed by atoms with van der Waals surface area (Å²) < 4.78 is 10.8. The van der Waals surface area contributed by atoms with Gasteiger partial charge in [0.05, 0.1) is 13.7 Å². The Bertz CT molecular complexity index is 437. The lowest BCUT2D eigenvalue weighted by molar-refractivity contribution is 0.201. The Morgan fingerprint density at radius 2 is 2.28 bits per heavy atom. The van der Waals surface area contributed by atoms with Gasteiger partial charge in [0.1, 0.15) is 6.61 Å². The number of anilines is 1. The van der Waals surface area contributed by atoms with Gasteiger partial charge in [-0.15, -0.1) is 0 Å². The molecule has 0 aliphatic carbocycles. The number of hydrogen-bond acceptors (Lipinski definition) is 4. The zero-order chi connectivity index (χ0) is 13.0. The number of nitrogens with zero attached hydrogens (tertiary/aromatic N) is 1. The Hall–Kier alpha value is -2.11. The largest absolute Gasteiger partial charge is 0.493 e. The Morgan fingerprint density at radius 3 is 2.94 bits per heavy atom. The second-order valence-corrected chi connectivity index (χ2v) is 3.98. The summed E-state index contributed by atoms with van der Waals surface area (Å²) in [5, 5.41) is 2.74. The number of urea groups is 1. The fourth-order valence-corrected chi connectivity index (χ4v) is 1.80. The average Bonchev–Trinajstić information content (AvgIpc) is 2.76. The smallest absolute Gasteiger partial charge is 0.317 e. The molecule has 2 rings (SSSR count). The van der Waals surface area contributed by atoms with Crippen molar-refractivity contribution >= 4 is 11.7 Å². The highest BCUT2D eigenvalue weighted by molar-refractivity contribution is 5.76. The molecule has 6 heteroatoms. The highest BCUT2D eigenvalue weighted by atomic mass is 16.5. The number of benzene rings is 1. The van der Waals surface area contributed by atoms with Crippen LogP contribution in [0.15, 0.2) is 18.2 Å². The van der Waals surface area contributed by atoms with Crippen LogP contribution in [0, 0.1) is 0 Å². The third-order valence-corrected chi connectivity index (χ3v) is 2.75. The van der Waals surface area contributed by atoms with E-state index in [-0.39, 0.29) is 6.03 Å². The molecular weight excluding hydrogens is 234 g/mol. The van der Waals surface area contributed by atoms with Gasteiger partial charge in [-0.2, -0.15) is 0 Å². The van der Waals surface area contributed by atoms with Gasteiger partial charge in [-0.3, -0.25) is 0 Å². The lowest BCUT2D eigenvalue weighted by atomic mass is 10.3. The van der Waals surface area contributed by atoms with Crippen LogP contribution < -0.4 is 20.5 Å². The van der Waals surface area contributed by atoms with Crippen LogP contribution in [0.3, 0.4) is 0 Å².